The molecule has 1 aromatic heterocycles. The second-order valence-electron chi connectivity index (χ2n) is 9.33. The van der Waals surface area contributed by atoms with Crippen molar-refractivity contribution < 1.29 is 19.3 Å². The van der Waals surface area contributed by atoms with Crippen molar-refractivity contribution in [3.05, 3.63) is 71.4 Å². The van der Waals surface area contributed by atoms with E-state index in [1.807, 2.05) is 66.2 Å². The molecule has 0 amide bonds. The van der Waals surface area contributed by atoms with Crippen molar-refractivity contribution in [3.8, 4) is 17.3 Å². The molecular formula is C28H38N4O4. The number of β-amino-alcohol motifs (C(OH)–C–C–N with tert-alkyl or cyclic N) is 1. The third-order valence-corrected chi connectivity index (χ3v) is 6.41. The van der Waals surface area contributed by atoms with E-state index in [-0.39, 0.29) is 0 Å². The van der Waals surface area contributed by atoms with Crippen LogP contribution in [0.3, 0.4) is 0 Å². The van der Waals surface area contributed by atoms with Crippen LogP contribution in [0.2, 0.25) is 0 Å². The average Bonchev–Trinajstić information content (AvgIpc) is 3.19. The second kappa shape index (κ2) is 13.0. The lowest BCUT2D eigenvalue weighted by molar-refractivity contribution is 0.00431. The number of aromatic nitrogens is 2. The van der Waals surface area contributed by atoms with Crippen LogP contribution in [0.5, 0.6) is 11.6 Å². The first-order chi connectivity index (χ1) is 17.5. The van der Waals surface area contributed by atoms with Gasteiger partial charge in [0.05, 0.1) is 42.9 Å². The molecule has 1 aliphatic heterocycles. The molecule has 8 heteroatoms. The van der Waals surface area contributed by atoms with Crippen LogP contribution in [0.1, 0.15) is 16.8 Å². The molecule has 0 saturated carbocycles. The zero-order valence-corrected chi connectivity index (χ0v) is 21.6. The molecule has 2 aromatic carbocycles. The lowest BCUT2D eigenvalue weighted by atomic mass is 10.2. The van der Waals surface area contributed by atoms with Crippen LogP contribution < -0.4 is 4.74 Å². The van der Waals surface area contributed by atoms with Crippen molar-refractivity contribution in [3.63, 3.8) is 0 Å². The minimum Gasteiger partial charge on any atom is -0.439 e. The number of methoxy groups -OCH3 is 1. The molecule has 1 aliphatic rings. The number of aliphatic hydroxyl groups is 1. The molecule has 1 atom stereocenters. The second-order valence-corrected chi connectivity index (χ2v) is 9.33. The Morgan fingerprint density at radius 3 is 2.47 bits per heavy atom. The van der Waals surface area contributed by atoms with Crippen molar-refractivity contribution in [1.29, 1.82) is 0 Å². The number of para-hydroxylation sites is 1. The van der Waals surface area contributed by atoms with Crippen LogP contribution in [0, 0.1) is 13.8 Å². The SMILES string of the molecule is COCCN(Cc1c(C)nn(-c2ccccc2)c1Oc1ccc(C)cc1)C[C@H](O)CN1CCOCC1. The van der Waals surface area contributed by atoms with Crippen LogP contribution in [0.15, 0.2) is 54.6 Å². The predicted molar refractivity (Wildman–Crippen MR) is 140 cm³/mol. The summed E-state index contributed by atoms with van der Waals surface area (Å²) in [6.45, 7) is 10.2. The average molecular weight is 495 g/mol. The van der Waals surface area contributed by atoms with Gasteiger partial charge in [0.15, 0.2) is 0 Å². The molecule has 3 aromatic rings. The fourth-order valence-electron chi connectivity index (χ4n) is 4.40. The third-order valence-electron chi connectivity index (χ3n) is 6.41. The van der Waals surface area contributed by atoms with Gasteiger partial charge in [0.25, 0.3) is 0 Å². The first-order valence-corrected chi connectivity index (χ1v) is 12.6. The van der Waals surface area contributed by atoms with Gasteiger partial charge >= 0.3 is 0 Å². The van der Waals surface area contributed by atoms with E-state index in [1.165, 1.54) is 5.56 Å². The van der Waals surface area contributed by atoms with Gasteiger partial charge in [0, 0.05) is 46.4 Å². The summed E-state index contributed by atoms with van der Waals surface area (Å²) in [5.74, 6) is 1.45. The molecule has 1 fully saturated rings. The van der Waals surface area contributed by atoms with Crippen molar-refractivity contribution in [1.82, 2.24) is 19.6 Å². The van der Waals surface area contributed by atoms with Crippen LogP contribution in [-0.4, -0.2) is 90.4 Å². The molecular weight excluding hydrogens is 456 g/mol. The van der Waals surface area contributed by atoms with Gasteiger partial charge in [-0.05, 0) is 38.1 Å². The standard InChI is InChI=1S/C28H38N4O4/c1-22-9-11-26(12-10-22)36-28-27(23(2)29-32(28)24-7-5-4-6-8-24)21-31(13-16-34-3)20-25(33)19-30-14-17-35-18-15-30/h4-12,25,33H,13-21H2,1-3H3/t25-/m1/s1. The lowest BCUT2D eigenvalue weighted by Gasteiger charge is -2.31. The van der Waals surface area contributed by atoms with E-state index in [2.05, 4.69) is 16.7 Å². The number of morpholine rings is 1. The molecule has 1 saturated heterocycles. The molecule has 194 valence electrons. The Kier molecular flexibility index (Phi) is 9.49. The molecule has 2 heterocycles. The maximum absolute atomic E-state index is 10.9. The molecule has 4 rings (SSSR count). The first kappa shape index (κ1) is 26.3. The predicted octanol–water partition coefficient (Wildman–Crippen LogP) is 3.42. The summed E-state index contributed by atoms with van der Waals surface area (Å²) in [5, 5.41) is 15.8. The molecule has 1 N–H and O–H groups in total. The molecule has 8 nitrogen and oxygen atoms in total. The van der Waals surface area contributed by atoms with Crippen LogP contribution in [-0.2, 0) is 16.0 Å². The van der Waals surface area contributed by atoms with Gasteiger partial charge in [-0.15, -0.1) is 0 Å². The number of benzene rings is 2. The Balaban J connectivity index is 1.59. The highest BCUT2D eigenvalue weighted by Crippen LogP contribution is 2.31. The summed E-state index contributed by atoms with van der Waals surface area (Å²) in [5.41, 5.74) is 4.00. The van der Waals surface area contributed by atoms with E-state index in [1.54, 1.807) is 7.11 Å². The fraction of sp³-hybridized carbons (Fsp3) is 0.464. The van der Waals surface area contributed by atoms with Gasteiger partial charge in [-0.25, -0.2) is 4.68 Å². The Morgan fingerprint density at radius 2 is 1.78 bits per heavy atom. The summed E-state index contributed by atoms with van der Waals surface area (Å²) in [6.07, 6.45) is -0.481. The quantitative estimate of drug-likeness (QED) is 0.414. The molecule has 36 heavy (non-hydrogen) atoms. The maximum atomic E-state index is 10.9. The summed E-state index contributed by atoms with van der Waals surface area (Å²) >= 11 is 0. The zero-order valence-electron chi connectivity index (χ0n) is 21.6. The van der Waals surface area contributed by atoms with Gasteiger partial charge in [-0.2, -0.15) is 5.10 Å². The number of nitrogens with zero attached hydrogens (tertiary/aromatic N) is 4. The number of aryl methyl sites for hydroxylation is 2. The van der Waals surface area contributed by atoms with E-state index in [0.717, 1.165) is 49.0 Å². The van der Waals surface area contributed by atoms with Gasteiger partial charge < -0.3 is 19.3 Å². The number of hydrogen-bond donors (Lipinski definition) is 1. The summed E-state index contributed by atoms with van der Waals surface area (Å²) in [6, 6.07) is 18.1. The molecule has 0 bridgehead atoms. The summed E-state index contributed by atoms with van der Waals surface area (Å²) in [7, 11) is 1.70. The van der Waals surface area contributed by atoms with Crippen LogP contribution in [0.25, 0.3) is 5.69 Å². The van der Waals surface area contributed by atoms with Gasteiger partial charge in [0.2, 0.25) is 5.88 Å². The Bertz CT molecular complexity index is 1070. The Hall–Kier alpha value is -2.75. The van der Waals surface area contributed by atoms with Crippen LogP contribution >= 0.6 is 0 Å². The summed E-state index contributed by atoms with van der Waals surface area (Å²) in [4.78, 5) is 4.48. The van der Waals surface area contributed by atoms with E-state index in [0.29, 0.717) is 38.7 Å². The monoisotopic (exact) mass is 494 g/mol. The Morgan fingerprint density at radius 1 is 1.06 bits per heavy atom. The zero-order chi connectivity index (χ0) is 25.3. The smallest absolute Gasteiger partial charge is 0.227 e. The fourth-order valence-corrected chi connectivity index (χ4v) is 4.40. The van der Waals surface area contributed by atoms with Crippen LogP contribution in [0.4, 0.5) is 0 Å². The van der Waals surface area contributed by atoms with Crippen molar-refractivity contribution in [2.45, 2.75) is 26.5 Å². The normalized spacial score (nSPS) is 15.4. The largest absolute Gasteiger partial charge is 0.439 e. The van der Waals surface area contributed by atoms with E-state index in [9.17, 15) is 5.11 Å². The van der Waals surface area contributed by atoms with Crippen molar-refractivity contribution >= 4 is 0 Å². The van der Waals surface area contributed by atoms with Gasteiger partial charge in [-0.3, -0.25) is 9.80 Å². The number of ether oxygens (including phenoxy) is 3. The summed E-state index contributed by atoms with van der Waals surface area (Å²) < 4.78 is 19.1. The first-order valence-electron chi connectivity index (χ1n) is 12.6. The minimum atomic E-state index is -0.481. The van der Waals surface area contributed by atoms with Gasteiger partial charge in [0.1, 0.15) is 5.75 Å². The van der Waals surface area contributed by atoms with Gasteiger partial charge in [-0.1, -0.05) is 35.9 Å². The maximum Gasteiger partial charge on any atom is 0.227 e. The lowest BCUT2D eigenvalue weighted by Crippen LogP contribution is -2.45. The van der Waals surface area contributed by atoms with Crippen molar-refractivity contribution in [2.24, 2.45) is 0 Å². The minimum absolute atomic E-state index is 0.481. The Labute approximate surface area is 214 Å². The highest BCUT2D eigenvalue weighted by Gasteiger charge is 2.23. The highest BCUT2D eigenvalue weighted by molar-refractivity contribution is 5.43. The molecule has 0 unspecified atom stereocenters. The molecule has 0 radical (unpaired) electrons. The van der Waals surface area contributed by atoms with E-state index in [4.69, 9.17) is 19.3 Å². The number of aliphatic hydroxyl groups excluding tert-OH is 1. The number of rotatable bonds is 12. The van der Waals surface area contributed by atoms with E-state index < -0.39 is 6.10 Å². The highest BCUT2D eigenvalue weighted by atomic mass is 16.5. The molecule has 0 aliphatic carbocycles. The molecule has 0 spiro atoms. The van der Waals surface area contributed by atoms with Crippen molar-refractivity contribution in [2.75, 3.05) is 59.7 Å². The van der Waals surface area contributed by atoms with E-state index >= 15 is 0 Å². The third kappa shape index (κ3) is 7.15. The topological polar surface area (TPSA) is 72.2 Å². The number of hydrogen-bond acceptors (Lipinski definition) is 7.